The summed E-state index contributed by atoms with van der Waals surface area (Å²) >= 11 is 0. The minimum atomic E-state index is -0.164. The molecule has 1 aromatic rings. The molecule has 4 heteroatoms. The average molecular weight is 278 g/mol. The van der Waals surface area contributed by atoms with Crippen LogP contribution in [0.4, 0.5) is 4.39 Å². The van der Waals surface area contributed by atoms with Gasteiger partial charge in [0, 0.05) is 12.6 Å². The van der Waals surface area contributed by atoms with Gasteiger partial charge in [-0.05, 0) is 43.4 Å². The summed E-state index contributed by atoms with van der Waals surface area (Å²) in [5.41, 5.74) is 2.19. The molecule has 0 unspecified atom stereocenters. The van der Waals surface area contributed by atoms with E-state index in [0.717, 1.165) is 5.56 Å². The monoisotopic (exact) mass is 278 g/mol. The van der Waals surface area contributed by atoms with E-state index in [4.69, 9.17) is 0 Å². The lowest BCUT2D eigenvalue weighted by molar-refractivity contribution is -0.120. The van der Waals surface area contributed by atoms with Crippen LogP contribution in [0.3, 0.4) is 0 Å². The maximum Gasteiger partial charge on any atom is 0.234 e. The number of hydrogen-bond acceptors (Lipinski definition) is 2. The lowest BCUT2D eigenvalue weighted by Gasteiger charge is -2.12. The second-order valence-corrected chi connectivity index (χ2v) is 5.68. The molecule has 110 valence electrons. The maximum atomic E-state index is 13.5. The third-order valence-electron chi connectivity index (χ3n) is 3.89. The summed E-state index contributed by atoms with van der Waals surface area (Å²) in [6, 6.07) is 4.07. The normalized spacial score (nSPS) is 15.6. The fraction of sp³-hybridized carbons (Fsp3) is 0.562. The van der Waals surface area contributed by atoms with Crippen molar-refractivity contribution in [1.29, 1.82) is 0 Å². The number of hydrogen-bond donors (Lipinski definition) is 2. The summed E-state index contributed by atoms with van der Waals surface area (Å²) in [5.74, 6) is -0.167. The zero-order valence-electron chi connectivity index (χ0n) is 12.3. The third-order valence-corrected chi connectivity index (χ3v) is 3.89. The van der Waals surface area contributed by atoms with Crippen LogP contribution in [0, 0.1) is 19.7 Å². The molecular weight excluding hydrogens is 255 g/mol. The van der Waals surface area contributed by atoms with Gasteiger partial charge in [0.25, 0.3) is 0 Å². The quantitative estimate of drug-likeness (QED) is 0.869. The predicted octanol–water partition coefficient (Wildman–Crippen LogP) is 2.59. The van der Waals surface area contributed by atoms with Crippen molar-refractivity contribution in [2.45, 2.75) is 52.1 Å². The second kappa shape index (κ2) is 6.84. The minimum absolute atomic E-state index is 0.00321. The van der Waals surface area contributed by atoms with Crippen molar-refractivity contribution in [1.82, 2.24) is 10.6 Å². The van der Waals surface area contributed by atoms with Crippen LogP contribution in [0.2, 0.25) is 0 Å². The van der Waals surface area contributed by atoms with Crippen molar-refractivity contribution in [3.05, 3.63) is 34.6 Å². The molecule has 1 aliphatic carbocycles. The summed E-state index contributed by atoms with van der Waals surface area (Å²) in [7, 11) is 0. The van der Waals surface area contributed by atoms with Gasteiger partial charge in [-0.1, -0.05) is 25.0 Å². The van der Waals surface area contributed by atoms with Crippen molar-refractivity contribution in [3.8, 4) is 0 Å². The number of nitrogens with one attached hydrogen (secondary N) is 2. The van der Waals surface area contributed by atoms with Crippen LogP contribution in [-0.2, 0) is 11.3 Å². The lowest BCUT2D eigenvalue weighted by Crippen LogP contribution is -2.37. The van der Waals surface area contributed by atoms with Crippen LogP contribution in [0.15, 0.2) is 12.1 Å². The maximum absolute atomic E-state index is 13.5. The van der Waals surface area contributed by atoms with Gasteiger partial charge in [-0.15, -0.1) is 0 Å². The first-order valence-corrected chi connectivity index (χ1v) is 7.32. The Kier molecular flexibility index (Phi) is 5.12. The summed E-state index contributed by atoms with van der Waals surface area (Å²) in [6.07, 6.45) is 4.86. The van der Waals surface area contributed by atoms with Gasteiger partial charge in [0.05, 0.1) is 6.54 Å². The van der Waals surface area contributed by atoms with E-state index in [1.54, 1.807) is 26.0 Å². The Morgan fingerprint density at radius 3 is 2.45 bits per heavy atom. The Labute approximate surface area is 120 Å². The fourth-order valence-electron chi connectivity index (χ4n) is 2.77. The molecule has 1 aliphatic rings. The molecule has 0 heterocycles. The first-order chi connectivity index (χ1) is 9.56. The van der Waals surface area contributed by atoms with Crippen molar-refractivity contribution >= 4 is 5.91 Å². The number of aryl methyl sites for hydroxylation is 2. The molecule has 0 aromatic heterocycles. The van der Waals surface area contributed by atoms with E-state index in [9.17, 15) is 9.18 Å². The van der Waals surface area contributed by atoms with Gasteiger partial charge in [-0.25, -0.2) is 4.39 Å². The number of halogens is 1. The van der Waals surface area contributed by atoms with Crippen molar-refractivity contribution in [2.24, 2.45) is 0 Å². The smallest absolute Gasteiger partial charge is 0.234 e. The van der Waals surface area contributed by atoms with Gasteiger partial charge in [-0.2, -0.15) is 0 Å². The van der Waals surface area contributed by atoms with E-state index < -0.39 is 0 Å². The Morgan fingerprint density at radius 2 is 1.85 bits per heavy atom. The van der Waals surface area contributed by atoms with Gasteiger partial charge >= 0.3 is 0 Å². The largest absolute Gasteiger partial charge is 0.351 e. The Bertz CT molecular complexity index is 458. The number of rotatable bonds is 5. The highest BCUT2D eigenvalue weighted by molar-refractivity contribution is 5.78. The van der Waals surface area contributed by atoms with E-state index in [2.05, 4.69) is 10.6 Å². The molecule has 2 N–H and O–H groups in total. The first kappa shape index (κ1) is 15.0. The van der Waals surface area contributed by atoms with Crippen LogP contribution in [-0.4, -0.2) is 18.5 Å². The molecule has 1 amide bonds. The molecule has 3 nitrogen and oxygen atoms in total. The SMILES string of the molecule is Cc1cc(CNC(=O)CNC2CCCC2)cc(C)c1F. The molecule has 0 spiro atoms. The van der Waals surface area contributed by atoms with Crippen LogP contribution in [0.25, 0.3) is 0 Å². The Hall–Kier alpha value is -1.42. The van der Waals surface area contributed by atoms with Crippen LogP contribution >= 0.6 is 0 Å². The zero-order chi connectivity index (χ0) is 14.5. The fourth-order valence-corrected chi connectivity index (χ4v) is 2.77. The predicted molar refractivity (Wildman–Crippen MR) is 78.0 cm³/mol. The van der Waals surface area contributed by atoms with Crippen molar-refractivity contribution in [2.75, 3.05) is 6.54 Å². The summed E-state index contributed by atoms with van der Waals surface area (Å²) in [6.45, 7) is 4.31. The zero-order valence-corrected chi connectivity index (χ0v) is 12.3. The van der Waals surface area contributed by atoms with Gasteiger partial charge in [0.1, 0.15) is 5.82 Å². The van der Waals surface area contributed by atoms with E-state index >= 15 is 0 Å². The molecule has 0 radical (unpaired) electrons. The first-order valence-electron chi connectivity index (χ1n) is 7.32. The number of benzene rings is 1. The number of amides is 1. The third kappa shape index (κ3) is 4.04. The van der Waals surface area contributed by atoms with Crippen LogP contribution in [0.5, 0.6) is 0 Å². The molecular formula is C16H23FN2O. The summed E-state index contributed by atoms with van der Waals surface area (Å²) in [5, 5.41) is 6.15. The number of carbonyl (C=O) groups is 1. The molecule has 1 saturated carbocycles. The standard InChI is InChI=1S/C16H23FN2O/c1-11-7-13(8-12(2)16(11)17)9-19-15(20)10-18-14-5-3-4-6-14/h7-8,14,18H,3-6,9-10H2,1-2H3,(H,19,20). The van der Waals surface area contributed by atoms with Gasteiger partial charge in [0.15, 0.2) is 0 Å². The van der Waals surface area contributed by atoms with E-state index in [-0.39, 0.29) is 11.7 Å². The molecule has 1 aromatic carbocycles. The molecule has 20 heavy (non-hydrogen) atoms. The topological polar surface area (TPSA) is 41.1 Å². The average Bonchev–Trinajstić information content (AvgIpc) is 2.93. The lowest BCUT2D eigenvalue weighted by atomic mass is 10.1. The molecule has 0 atom stereocenters. The van der Waals surface area contributed by atoms with E-state index in [1.807, 2.05) is 0 Å². The van der Waals surface area contributed by atoms with Crippen molar-refractivity contribution < 1.29 is 9.18 Å². The van der Waals surface area contributed by atoms with E-state index in [1.165, 1.54) is 25.7 Å². The molecule has 2 rings (SSSR count). The van der Waals surface area contributed by atoms with E-state index in [0.29, 0.717) is 30.3 Å². The number of carbonyl (C=O) groups excluding carboxylic acids is 1. The summed E-state index contributed by atoms with van der Waals surface area (Å²) < 4.78 is 13.5. The molecule has 0 aliphatic heterocycles. The van der Waals surface area contributed by atoms with Gasteiger partial charge in [0.2, 0.25) is 5.91 Å². The second-order valence-electron chi connectivity index (χ2n) is 5.68. The van der Waals surface area contributed by atoms with Gasteiger partial charge < -0.3 is 10.6 Å². The Balaban J connectivity index is 1.78. The highest BCUT2D eigenvalue weighted by Crippen LogP contribution is 2.17. The molecule has 0 bridgehead atoms. The molecule has 1 fully saturated rings. The van der Waals surface area contributed by atoms with Crippen LogP contribution in [0.1, 0.15) is 42.4 Å². The van der Waals surface area contributed by atoms with Crippen LogP contribution < -0.4 is 10.6 Å². The minimum Gasteiger partial charge on any atom is -0.351 e. The highest BCUT2D eigenvalue weighted by atomic mass is 19.1. The highest BCUT2D eigenvalue weighted by Gasteiger charge is 2.15. The van der Waals surface area contributed by atoms with Crippen molar-refractivity contribution in [3.63, 3.8) is 0 Å². The Morgan fingerprint density at radius 1 is 1.25 bits per heavy atom. The summed E-state index contributed by atoms with van der Waals surface area (Å²) in [4.78, 5) is 11.8. The molecule has 0 saturated heterocycles. The van der Waals surface area contributed by atoms with Gasteiger partial charge in [-0.3, -0.25) is 4.79 Å².